The number of hydrogen-bond donors (Lipinski definition) is 9. The fraction of sp³-hybridized carbons (Fsp3) is 0.413. The number of nitrogen functional groups attached to an aromatic ring is 1. The third-order valence-electron chi connectivity index (χ3n) is 16.1. The van der Waals surface area contributed by atoms with Crippen molar-refractivity contribution in [3.8, 4) is 11.5 Å². The molecule has 1 amide bonds. The van der Waals surface area contributed by atoms with Gasteiger partial charge in [-0.25, -0.2) is 18.7 Å². The van der Waals surface area contributed by atoms with Gasteiger partial charge in [0.05, 0.1) is 69.6 Å². The SMILES string of the molecule is C=CC(=O)Nc1cc(Nc2nccc(Nc3cc(Cl)c(F)cc3C(C)(C)O)n2)c(OC)cc1N1C[C@H](N(C)C)C2(CC2)C1.COc1cc(N2C[C@H](N(C)C)C3(CC3)C2)c(N)cc1Nc1nccc(Nc2cc(Cl)c(F)cc2C(C)(C)O)n1.O=C(Cl)CCCl.O=CO. The highest BCUT2D eigenvalue weighted by Gasteiger charge is 2.57. The van der Waals surface area contributed by atoms with Crippen molar-refractivity contribution in [1.29, 1.82) is 0 Å². The molecule has 2 aliphatic heterocycles. The van der Waals surface area contributed by atoms with E-state index in [0.717, 1.165) is 37.6 Å². The van der Waals surface area contributed by atoms with Crippen LogP contribution in [0.15, 0.2) is 85.7 Å². The van der Waals surface area contributed by atoms with Crippen LogP contribution in [0.2, 0.25) is 10.0 Å². The van der Waals surface area contributed by atoms with Gasteiger partial charge < -0.3 is 76.7 Å². The Hall–Kier alpha value is -7.55. The molecular formula is C63H78Cl4F2N14O8. The van der Waals surface area contributed by atoms with Gasteiger partial charge in [-0.2, -0.15) is 9.97 Å². The number of benzene rings is 4. The number of carbonyl (C=O) groups excluding carboxylic acids is 2. The standard InChI is InChI=1S/C31H37ClFN7O3.C28H35ClFN7O2.C3H4Cl2O.CH2O2/c1-7-28(41)36-22-14-23(25(43-6)15-24(22)40-16-26(39(4)5)31(17-40)9-10-31)37-29-34-11-8-27(38-29)35-21-13-19(32)20(33)12-18(21)30(2,3)42;1-27(2,38)16-10-18(30)17(29)11-20(16)33-25-6-9-32-26(35-25)34-21-12-19(31)22(13-23(21)39-5)37-14-24(36(3)4)28(15-37)7-8-28;4-2-1-3(5)6;2-1-3/h7-8,11-15,26,42H,1,9-10,16-17H2,2-6H3,(H,36,41)(H2,34,35,37,38);6,9-13,24,38H,7-8,14-15,31H2,1-5H3,(H2,32,33,34,35);1-2H2;1H,(H,2,3)/t26-;24-;;/m00../s1. The first-order valence-electron chi connectivity index (χ1n) is 28.9. The van der Waals surface area contributed by atoms with Crippen molar-refractivity contribution in [2.75, 3.05) is 117 Å². The van der Waals surface area contributed by atoms with Crippen molar-refractivity contribution in [2.45, 2.75) is 83.1 Å². The minimum Gasteiger partial charge on any atom is -0.494 e. The first-order valence-corrected chi connectivity index (χ1v) is 30.5. The summed E-state index contributed by atoms with van der Waals surface area (Å²) in [7, 11) is 11.7. The Labute approximate surface area is 548 Å². The number of rotatable bonds is 20. The molecule has 2 aromatic heterocycles. The summed E-state index contributed by atoms with van der Waals surface area (Å²) in [6.45, 7) is 13.2. The first kappa shape index (κ1) is 70.9. The molecule has 4 aliphatic rings. The number of carboxylic acid groups (broad SMARTS) is 1. The Balaban J connectivity index is 0.000000229. The summed E-state index contributed by atoms with van der Waals surface area (Å²) in [5.74, 6) is 1.24. The monoisotopic (exact) mass is 1340 g/mol. The Morgan fingerprint density at radius 1 is 0.714 bits per heavy atom. The lowest BCUT2D eigenvalue weighted by molar-refractivity contribution is -0.123. The molecule has 6 aromatic rings. The number of nitrogens with zero attached hydrogens (tertiary/aromatic N) is 8. The summed E-state index contributed by atoms with van der Waals surface area (Å²) in [5, 5.41) is 43.1. The number of halogens is 6. The third kappa shape index (κ3) is 17.7. The van der Waals surface area contributed by atoms with E-state index in [-0.39, 0.29) is 45.5 Å². The van der Waals surface area contributed by atoms with E-state index in [1.54, 1.807) is 72.5 Å². The van der Waals surface area contributed by atoms with E-state index in [4.69, 9.17) is 71.5 Å². The van der Waals surface area contributed by atoms with E-state index >= 15 is 0 Å². The smallest absolute Gasteiger partial charge is 0.290 e. The summed E-state index contributed by atoms with van der Waals surface area (Å²) < 4.78 is 39.8. The number of aromatic nitrogens is 4. The molecule has 2 saturated carbocycles. The molecular weight excluding hydrogens is 1260 g/mol. The van der Waals surface area contributed by atoms with Crippen molar-refractivity contribution < 1.29 is 48.0 Å². The number of aliphatic hydroxyl groups is 2. The first-order chi connectivity index (χ1) is 42.9. The molecule has 28 heteroatoms. The molecule has 2 atom stereocenters. The average molecular weight is 1340 g/mol. The zero-order chi connectivity index (χ0) is 66.9. The van der Waals surface area contributed by atoms with Gasteiger partial charge in [0, 0.05) is 108 Å². The molecule has 2 aliphatic carbocycles. The Bertz CT molecular complexity index is 3610. The highest BCUT2D eigenvalue weighted by molar-refractivity contribution is 6.63. The molecule has 490 valence electrons. The molecule has 4 heterocycles. The second-order valence-corrected chi connectivity index (χ2v) is 25.6. The lowest BCUT2D eigenvalue weighted by Crippen LogP contribution is -2.36. The van der Waals surface area contributed by atoms with Gasteiger partial charge in [-0.1, -0.05) is 29.8 Å². The molecule has 22 nitrogen and oxygen atoms in total. The van der Waals surface area contributed by atoms with E-state index in [0.29, 0.717) is 97.7 Å². The van der Waals surface area contributed by atoms with Crippen LogP contribution in [0.5, 0.6) is 11.5 Å². The number of amides is 1. The molecule has 0 radical (unpaired) electrons. The number of anilines is 12. The van der Waals surface area contributed by atoms with Crippen molar-refractivity contribution >= 4 is 133 Å². The number of methoxy groups -OCH3 is 2. The van der Waals surface area contributed by atoms with E-state index < -0.39 is 22.8 Å². The van der Waals surface area contributed by atoms with Crippen LogP contribution in [-0.2, 0) is 25.6 Å². The van der Waals surface area contributed by atoms with E-state index in [1.165, 1.54) is 56.0 Å². The van der Waals surface area contributed by atoms with Crippen LogP contribution in [0.3, 0.4) is 0 Å². The number of likely N-dealkylation sites (N-methyl/N-ethyl adjacent to an activating group) is 2. The van der Waals surface area contributed by atoms with Crippen molar-refractivity contribution in [3.05, 3.63) is 119 Å². The van der Waals surface area contributed by atoms with E-state index in [9.17, 15) is 28.6 Å². The summed E-state index contributed by atoms with van der Waals surface area (Å²) in [6.07, 6.45) is 9.48. The maximum absolute atomic E-state index is 14.2. The number of alkyl halides is 1. The third-order valence-corrected chi connectivity index (χ3v) is 17.1. The quantitative estimate of drug-likeness (QED) is 0.0113. The van der Waals surface area contributed by atoms with Gasteiger partial charge in [0.2, 0.25) is 23.0 Å². The number of nitrogens with two attached hydrogens (primary N) is 1. The second-order valence-electron chi connectivity index (χ2n) is 24.0. The van der Waals surface area contributed by atoms with Gasteiger partial charge in [-0.05, 0) is 148 Å². The summed E-state index contributed by atoms with van der Waals surface area (Å²) in [4.78, 5) is 57.6. The maximum atomic E-state index is 14.2. The summed E-state index contributed by atoms with van der Waals surface area (Å²) >= 11 is 22.0. The largest absolute Gasteiger partial charge is 0.494 e. The molecule has 0 unspecified atom stereocenters. The van der Waals surface area contributed by atoms with E-state index in [2.05, 4.69) is 101 Å². The average Bonchev–Trinajstić information content (AvgIpc) is 1.61. The number of hydrogen-bond acceptors (Lipinski definition) is 20. The Kier molecular flexibility index (Phi) is 23.2. The molecule has 10 rings (SSSR count). The van der Waals surface area contributed by atoms with Crippen LogP contribution >= 0.6 is 46.4 Å². The molecule has 91 heavy (non-hydrogen) atoms. The topological polar surface area (TPSA) is 281 Å². The normalized spacial score (nSPS) is 16.6. The number of ether oxygens (including phenoxy) is 2. The molecule has 10 N–H and O–H groups in total. The van der Waals surface area contributed by atoms with Crippen molar-refractivity contribution in [1.82, 2.24) is 29.7 Å². The zero-order valence-corrected chi connectivity index (χ0v) is 55.3. The second kappa shape index (κ2) is 29.8. The zero-order valence-electron chi connectivity index (χ0n) is 52.3. The van der Waals surface area contributed by atoms with Gasteiger partial charge in [0.1, 0.15) is 34.8 Å². The molecule has 4 fully saturated rings. The lowest BCUT2D eigenvalue weighted by atomic mass is 9.96. The molecule has 2 spiro atoms. The number of nitrogens with one attached hydrogen (secondary N) is 5. The van der Waals surface area contributed by atoms with Crippen LogP contribution < -0.4 is 51.6 Å². The highest BCUT2D eigenvalue weighted by atomic mass is 35.5. The van der Waals surface area contributed by atoms with Gasteiger partial charge in [0.15, 0.2) is 0 Å². The van der Waals surface area contributed by atoms with Gasteiger partial charge >= 0.3 is 0 Å². The highest BCUT2D eigenvalue weighted by Crippen LogP contribution is 2.57. The molecule has 4 aromatic carbocycles. The van der Waals surface area contributed by atoms with Gasteiger partial charge in [-0.15, -0.1) is 11.6 Å². The van der Waals surface area contributed by atoms with Crippen LogP contribution in [0.4, 0.5) is 77.8 Å². The lowest BCUT2D eigenvalue weighted by Gasteiger charge is -2.26. The van der Waals surface area contributed by atoms with Gasteiger partial charge in [0.25, 0.3) is 6.47 Å². The van der Waals surface area contributed by atoms with Crippen LogP contribution in [0.25, 0.3) is 0 Å². The predicted molar refractivity (Wildman–Crippen MR) is 357 cm³/mol. The van der Waals surface area contributed by atoms with E-state index in [1.807, 2.05) is 18.2 Å². The summed E-state index contributed by atoms with van der Waals surface area (Å²) in [6, 6.07) is 17.0. The van der Waals surface area contributed by atoms with Crippen molar-refractivity contribution in [3.63, 3.8) is 0 Å². The molecule has 2 saturated heterocycles. The number of carbonyl (C=O) groups is 3. The van der Waals surface area contributed by atoms with Crippen molar-refractivity contribution in [2.24, 2.45) is 10.8 Å². The predicted octanol–water partition coefficient (Wildman–Crippen LogP) is 11.8. The fourth-order valence-electron chi connectivity index (χ4n) is 11.4. The minimum absolute atomic E-state index is 0.0688. The fourth-order valence-corrected chi connectivity index (χ4v) is 12.1. The maximum Gasteiger partial charge on any atom is 0.290 e. The van der Waals surface area contributed by atoms with Gasteiger partial charge in [-0.3, -0.25) is 14.4 Å². The Morgan fingerprint density at radius 2 is 1.13 bits per heavy atom. The van der Waals surface area contributed by atoms with Crippen LogP contribution in [-0.4, -0.2) is 149 Å². The molecule has 0 bridgehead atoms. The minimum atomic E-state index is -1.34. The summed E-state index contributed by atoms with van der Waals surface area (Å²) in [5.41, 5.74) is 10.2. The Morgan fingerprint density at radius 3 is 1.48 bits per heavy atom. The van der Waals surface area contributed by atoms with Crippen LogP contribution in [0.1, 0.15) is 70.9 Å². The van der Waals surface area contributed by atoms with Crippen LogP contribution in [0, 0.1) is 22.5 Å².